The van der Waals surface area contributed by atoms with E-state index in [4.69, 9.17) is 0 Å². The van der Waals surface area contributed by atoms with E-state index in [0.717, 1.165) is 4.48 Å². The molecule has 0 fully saturated rings. The zero-order valence-electron chi connectivity index (χ0n) is 9.40. The average molecular weight is 186 g/mol. The van der Waals surface area contributed by atoms with Crippen molar-refractivity contribution in [3.05, 3.63) is 0 Å². The minimum atomic E-state index is 0. The van der Waals surface area contributed by atoms with Gasteiger partial charge >= 0.3 is 0 Å². The molecule has 0 spiro atoms. The first kappa shape index (κ1) is 15.5. The maximum atomic E-state index is 2.27. The van der Waals surface area contributed by atoms with Crippen LogP contribution in [-0.4, -0.2) is 40.6 Å². The predicted octanol–water partition coefficient (Wildman–Crippen LogP) is 1.87. The topological polar surface area (TPSA) is 0 Å². The molecule has 0 aromatic heterocycles. The molecule has 0 N–H and O–H groups in total. The van der Waals surface area contributed by atoms with Crippen molar-refractivity contribution >= 4 is 8.41 Å². The van der Waals surface area contributed by atoms with Gasteiger partial charge in [0.15, 0.2) is 0 Å². The van der Waals surface area contributed by atoms with Crippen molar-refractivity contribution in [3.63, 3.8) is 0 Å². The molecule has 0 amide bonds. The van der Waals surface area contributed by atoms with Crippen molar-refractivity contribution in [1.29, 1.82) is 0 Å². The predicted molar refractivity (Wildman–Crippen MR) is 66.2 cm³/mol. The van der Waals surface area contributed by atoms with Crippen LogP contribution in [0.15, 0.2) is 0 Å². The number of quaternary nitrogens is 1. The van der Waals surface area contributed by atoms with Crippen LogP contribution in [0.1, 0.15) is 45.4 Å². The highest BCUT2D eigenvalue weighted by Gasteiger charge is 2.04. The quantitative estimate of drug-likeness (QED) is 0.323. The maximum absolute atomic E-state index is 2.27. The van der Waals surface area contributed by atoms with Crippen molar-refractivity contribution in [2.24, 2.45) is 0 Å². The lowest BCUT2D eigenvalue weighted by atomic mass is 10.1. The monoisotopic (exact) mass is 186 g/mol. The Morgan fingerprint density at radius 3 is 1.69 bits per heavy atom. The Morgan fingerprint density at radius 2 is 1.23 bits per heavy atom. The van der Waals surface area contributed by atoms with E-state index in [2.05, 4.69) is 28.1 Å². The molecule has 0 rings (SSSR count). The van der Waals surface area contributed by atoms with Crippen LogP contribution in [0.5, 0.6) is 0 Å². The zero-order chi connectivity index (χ0) is 9.45. The van der Waals surface area contributed by atoms with Crippen molar-refractivity contribution < 1.29 is 4.48 Å². The minimum Gasteiger partial charge on any atom is -0.331 e. The molecule has 1 nitrogen and oxygen atoms in total. The van der Waals surface area contributed by atoms with Crippen LogP contribution in [0.25, 0.3) is 0 Å². The van der Waals surface area contributed by atoms with Gasteiger partial charge in [-0.3, -0.25) is 0 Å². The molecule has 0 saturated carbocycles. The second-order valence-corrected chi connectivity index (χ2v) is 4.78. The molecule has 0 aromatic rings. The smallest absolute Gasteiger partial charge is 0.0814 e. The van der Waals surface area contributed by atoms with Crippen molar-refractivity contribution in [2.45, 2.75) is 45.4 Å². The molecule has 0 unspecified atom stereocenters. The summed E-state index contributed by atoms with van der Waals surface area (Å²) >= 11 is 0. The molecule has 0 aliphatic carbocycles. The number of hydrogen-bond donors (Lipinski definition) is 0. The third kappa shape index (κ3) is 14.8. The van der Waals surface area contributed by atoms with Gasteiger partial charge in [-0.15, -0.1) is 0 Å². The molecule has 0 aliphatic rings. The zero-order valence-corrected chi connectivity index (χ0v) is 9.40. The molecule has 2 heteroatoms. The van der Waals surface area contributed by atoms with Gasteiger partial charge in [0.05, 0.1) is 36.1 Å². The van der Waals surface area contributed by atoms with Gasteiger partial charge in [-0.25, -0.2) is 0 Å². The van der Waals surface area contributed by atoms with E-state index >= 15 is 0 Å². The lowest BCUT2D eigenvalue weighted by Gasteiger charge is -2.23. The normalized spacial score (nSPS) is 11.1. The molecule has 0 radical (unpaired) electrons. The molecule has 0 bridgehead atoms. The molecule has 0 aliphatic heterocycles. The first-order valence-electron chi connectivity index (χ1n) is 5.36. The van der Waals surface area contributed by atoms with Crippen LogP contribution in [0.4, 0.5) is 0 Å². The van der Waals surface area contributed by atoms with E-state index < -0.39 is 0 Å². The van der Waals surface area contributed by atoms with Crippen molar-refractivity contribution in [2.75, 3.05) is 27.7 Å². The minimum absolute atomic E-state index is 0. The van der Waals surface area contributed by atoms with E-state index in [1.54, 1.807) is 0 Å². The second-order valence-electron chi connectivity index (χ2n) is 4.78. The average Bonchev–Trinajstić information content (AvgIpc) is 1.94. The molecule has 0 saturated heterocycles. The first-order chi connectivity index (χ1) is 5.56. The van der Waals surface area contributed by atoms with E-state index in [1.165, 1.54) is 45.1 Å². The summed E-state index contributed by atoms with van der Waals surface area (Å²) in [5.41, 5.74) is 0. The van der Waals surface area contributed by atoms with Crippen LogP contribution >= 0.6 is 0 Å². The molecule has 0 atom stereocenters. The number of rotatable bonds is 7. The first-order valence-corrected chi connectivity index (χ1v) is 5.36. The Balaban J connectivity index is 0. The van der Waals surface area contributed by atoms with Gasteiger partial charge in [0.2, 0.25) is 0 Å². The number of unbranched alkanes of at least 4 members (excludes halogenated alkanes) is 5. The third-order valence-corrected chi connectivity index (χ3v) is 2.18. The Morgan fingerprint density at radius 1 is 0.769 bits per heavy atom. The molecular formula is C11H29BN+. The van der Waals surface area contributed by atoms with Crippen LogP contribution in [0, 0.1) is 0 Å². The summed E-state index contributed by atoms with van der Waals surface area (Å²) in [5.74, 6) is 0. The van der Waals surface area contributed by atoms with Crippen LogP contribution in [0.3, 0.4) is 0 Å². The molecular weight excluding hydrogens is 157 g/mol. The highest BCUT2D eigenvalue weighted by Crippen LogP contribution is 2.06. The van der Waals surface area contributed by atoms with E-state index in [1.807, 2.05) is 0 Å². The lowest BCUT2D eigenvalue weighted by Crippen LogP contribution is -2.35. The Labute approximate surface area is 86.7 Å². The van der Waals surface area contributed by atoms with Gasteiger partial charge in [-0.05, 0) is 12.8 Å². The Bertz CT molecular complexity index is 96.8. The SMILES string of the molecule is B.CCCCCCCC[N+](C)(C)C. The maximum Gasteiger partial charge on any atom is 0.0814 e. The van der Waals surface area contributed by atoms with Crippen LogP contribution in [0.2, 0.25) is 0 Å². The second kappa shape index (κ2) is 8.62. The van der Waals surface area contributed by atoms with E-state index in [0.29, 0.717) is 0 Å². The van der Waals surface area contributed by atoms with Gasteiger partial charge in [0.1, 0.15) is 0 Å². The van der Waals surface area contributed by atoms with Crippen molar-refractivity contribution in [1.82, 2.24) is 0 Å². The number of hydrogen-bond acceptors (Lipinski definition) is 0. The van der Waals surface area contributed by atoms with Crippen LogP contribution < -0.4 is 0 Å². The van der Waals surface area contributed by atoms with Crippen molar-refractivity contribution in [3.8, 4) is 0 Å². The number of nitrogens with zero attached hydrogens (tertiary/aromatic N) is 1. The molecule has 13 heavy (non-hydrogen) atoms. The fraction of sp³-hybridized carbons (Fsp3) is 1.00. The highest BCUT2D eigenvalue weighted by molar-refractivity contribution is 5.75. The molecule has 80 valence electrons. The Kier molecular flexibility index (Phi) is 10.3. The standard InChI is InChI=1S/C11H26N.BH3/c1-5-6-7-8-9-10-11-12(2,3)4;/h5-11H2,1-4H3;1H3/q+1;. The van der Waals surface area contributed by atoms with Gasteiger partial charge < -0.3 is 4.48 Å². The summed E-state index contributed by atoms with van der Waals surface area (Å²) in [6, 6.07) is 0. The summed E-state index contributed by atoms with van der Waals surface area (Å²) < 4.78 is 1.12. The highest BCUT2D eigenvalue weighted by atomic mass is 15.3. The molecule has 0 heterocycles. The van der Waals surface area contributed by atoms with Crippen LogP contribution in [-0.2, 0) is 0 Å². The largest absolute Gasteiger partial charge is 0.331 e. The van der Waals surface area contributed by atoms with Gasteiger partial charge in [-0.1, -0.05) is 32.6 Å². The lowest BCUT2D eigenvalue weighted by molar-refractivity contribution is -0.870. The fourth-order valence-electron chi connectivity index (χ4n) is 1.37. The summed E-state index contributed by atoms with van der Waals surface area (Å²) in [5, 5.41) is 0. The molecule has 0 aromatic carbocycles. The Hall–Kier alpha value is 0.0249. The van der Waals surface area contributed by atoms with E-state index in [9.17, 15) is 0 Å². The summed E-state index contributed by atoms with van der Waals surface area (Å²) in [7, 11) is 6.81. The third-order valence-electron chi connectivity index (χ3n) is 2.18. The fourth-order valence-corrected chi connectivity index (χ4v) is 1.37. The summed E-state index contributed by atoms with van der Waals surface area (Å²) in [6.07, 6.45) is 8.48. The summed E-state index contributed by atoms with van der Waals surface area (Å²) in [4.78, 5) is 0. The van der Waals surface area contributed by atoms with Gasteiger partial charge in [-0.2, -0.15) is 0 Å². The summed E-state index contributed by atoms with van der Waals surface area (Å²) in [6.45, 7) is 3.60. The van der Waals surface area contributed by atoms with E-state index in [-0.39, 0.29) is 8.41 Å². The van der Waals surface area contributed by atoms with Gasteiger partial charge in [0.25, 0.3) is 0 Å². The van der Waals surface area contributed by atoms with Gasteiger partial charge in [0, 0.05) is 0 Å².